The fraction of sp³-hybridized carbons (Fsp3) is 0.154. The van der Waals surface area contributed by atoms with Gasteiger partial charge in [-0.05, 0) is 19.1 Å². The number of nitrogens with zero attached hydrogens (tertiary/aromatic N) is 4. The monoisotopic (exact) mass is 257 g/mol. The van der Waals surface area contributed by atoms with E-state index in [-0.39, 0.29) is 5.82 Å². The summed E-state index contributed by atoms with van der Waals surface area (Å²) in [6.45, 7) is 2.34. The van der Waals surface area contributed by atoms with E-state index in [1.54, 1.807) is 23.0 Å². The van der Waals surface area contributed by atoms with Crippen molar-refractivity contribution in [1.29, 1.82) is 0 Å². The summed E-state index contributed by atoms with van der Waals surface area (Å²) in [4.78, 5) is 12.6. The number of imidazole rings is 1. The fourth-order valence-electron chi connectivity index (χ4n) is 1.95. The molecule has 5 nitrogen and oxygen atoms in total. The molecule has 0 aliphatic carbocycles. The van der Waals surface area contributed by atoms with E-state index in [4.69, 9.17) is 5.73 Å². The Balaban J connectivity index is 2.05. The first-order valence-electron chi connectivity index (χ1n) is 5.82. The van der Waals surface area contributed by atoms with Gasteiger partial charge in [0, 0.05) is 12.3 Å². The van der Waals surface area contributed by atoms with Crippen molar-refractivity contribution in [2.45, 2.75) is 13.5 Å². The van der Waals surface area contributed by atoms with E-state index in [9.17, 15) is 4.39 Å². The highest BCUT2D eigenvalue weighted by Gasteiger charge is 2.10. The van der Waals surface area contributed by atoms with E-state index in [2.05, 4.69) is 15.0 Å². The van der Waals surface area contributed by atoms with E-state index in [0.717, 1.165) is 16.9 Å². The summed E-state index contributed by atoms with van der Waals surface area (Å²) in [5, 5.41) is 0. The van der Waals surface area contributed by atoms with Gasteiger partial charge in [0.25, 0.3) is 0 Å². The molecule has 1 aromatic carbocycles. The highest BCUT2D eigenvalue weighted by Crippen LogP contribution is 2.19. The molecule has 0 saturated carbocycles. The van der Waals surface area contributed by atoms with Gasteiger partial charge in [-0.2, -0.15) is 0 Å². The maximum Gasteiger partial charge on any atom is 0.201 e. The second-order valence-corrected chi connectivity index (χ2v) is 4.34. The number of rotatable bonds is 2. The van der Waals surface area contributed by atoms with Crippen LogP contribution in [0.15, 0.2) is 30.6 Å². The Bertz CT molecular complexity index is 733. The third-order valence-electron chi connectivity index (χ3n) is 2.89. The van der Waals surface area contributed by atoms with Gasteiger partial charge >= 0.3 is 0 Å². The van der Waals surface area contributed by atoms with Gasteiger partial charge < -0.3 is 10.3 Å². The summed E-state index contributed by atoms with van der Waals surface area (Å²) in [6, 6.07) is 4.42. The van der Waals surface area contributed by atoms with Gasteiger partial charge in [-0.15, -0.1) is 0 Å². The quantitative estimate of drug-likeness (QED) is 0.761. The minimum absolute atomic E-state index is 0.327. The molecule has 6 heteroatoms. The van der Waals surface area contributed by atoms with Crippen LogP contribution in [0, 0.1) is 12.7 Å². The Morgan fingerprint density at radius 3 is 2.84 bits per heavy atom. The number of nitrogen functional groups attached to an aromatic ring is 1. The topological polar surface area (TPSA) is 69.6 Å². The Morgan fingerprint density at radius 2 is 2.11 bits per heavy atom. The lowest BCUT2D eigenvalue weighted by Gasteiger charge is -2.05. The molecule has 0 aliphatic heterocycles. The molecule has 96 valence electrons. The summed E-state index contributed by atoms with van der Waals surface area (Å²) in [7, 11) is 0. The number of aryl methyl sites for hydroxylation is 1. The predicted octanol–water partition coefficient (Wildman–Crippen LogP) is 1.90. The summed E-state index contributed by atoms with van der Waals surface area (Å²) in [5.74, 6) is 0.00949. The molecule has 0 atom stereocenters. The number of hydrogen-bond acceptors (Lipinski definition) is 4. The van der Waals surface area contributed by atoms with E-state index in [0.29, 0.717) is 18.0 Å². The van der Waals surface area contributed by atoms with E-state index >= 15 is 0 Å². The second-order valence-electron chi connectivity index (χ2n) is 4.34. The van der Waals surface area contributed by atoms with Crippen molar-refractivity contribution >= 4 is 17.0 Å². The molecule has 19 heavy (non-hydrogen) atoms. The summed E-state index contributed by atoms with van der Waals surface area (Å²) < 4.78 is 14.9. The first kappa shape index (κ1) is 11.6. The molecule has 2 aromatic heterocycles. The van der Waals surface area contributed by atoms with Gasteiger partial charge in [-0.25, -0.2) is 9.37 Å². The zero-order valence-electron chi connectivity index (χ0n) is 10.3. The number of nitrogens with two attached hydrogens (primary N) is 1. The summed E-state index contributed by atoms with van der Waals surface area (Å²) >= 11 is 0. The first-order valence-corrected chi connectivity index (χ1v) is 5.82. The van der Waals surface area contributed by atoms with Crippen molar-refractivity contribution < 1.29 is 4.39 Å². The zero-order valence-corrected chi connectivity index (χ0v) is 10.3. The number of fused-ring (bicyclic) bond motifs is 1. The van der Waals surface area contributed by atoms with E-state index in [1.165, 1.54) is 12.1 Å². The molecule has 0 saturated heterocycles. The first-order chi connectivity index (χ1) is 9.13. The molecule has 0 spiro atoms. The highest BCUT2D eigenvalue weighted by molar-refractivity contribution is 5.78. The van der Waals surface area contributed by atoms with Crippen LogP contribution in [-0.2, 0) is 6.54 Å². The Morgan fingerprint density at radius 1 is 1.26 bits per heavy atom. The van der Waals surface area contributed by atoms with Crippen LogP contribution in [0.5, 0.6) is 0 Å². The minimum Gasteiger partial charge on any atom is -0.369 e. The lowest BCUT2D eigenvalue weighted by Crippen LogP contribution is -2.06. The second kappa shape index (κ2) is 4.31. The normalized spacial score (nSPS) is 11.1. The molecule has 2 N–H and O–H groups in total. The van der Waals surface area contributed by atoms with E-state index in [1.807, 2.05) is 6.92 Å². The van der Waals surface area contributed by atoms with Crippen LogP contribution >= 0.6 is 0 Å². The molecule has 0 fully saturated rings. The van der Waals surface area contributed by atoms with Crippen LogP contribution in [0.3, 0.4) is 0 Å². The standard InChI is InChI=1S/C13H12FN5/c1-8-5-17-10(6-16-8)7-19-12-3-2-9(14)4-11(12)18-13(19)15/h2-6H,7H2,1H3,(H2,15,18). The summed E-state index contributed by atoms with van der Waals surface area (Å²) in [5.41, 5.74) is 8.82. The third-order valence-corrected chi connectivity index (χ3v) is 2.89. The van der Waals surface area contributed by atoms with Gasteiger partial charge in [-0.3, -0.25) is 9.97 Å². The average molecular weight is 257 g/mol. The SMILES string of the molecule is Cc1cnc(Cn2c(N)nc3cc(F)ccc32)cn1. The Labute approximate surface area is 108 Å². The van der Waals surface area contributed by atoms with Crippen LogP contribution in [0.4, 0.5) is 10.3 Å². The number of halogens is 1. The third kappa shape index (κ3) is 2.12. The Hall–Kier alpha value is -2.50. The summed E-state index contributed by atoms with van der Waals surface area (Å²) in [6.07, 6.45) is 3.40. The molecule has 3 aromatic rings. The molecule has 0 unspecified atom stereocenters. The van der Waals surface area contributed by atoms with Gasteiger partial charge in [0.1, 0.15) is 5.82 Å². The van der Waals surface area contributed by atoms with E-state index < -0.39 is 0 Å². The smallest absolute Gasteiger partial charge is 0.201 e. The van der Waals surface area contributed by atoms with Crippen LogP contribution < -0.4 is 5.73 Å². The van der Waals surface area contributed by atoms with Crippen LogP contribution in [0.25, 0.3) is 11.0 Å². The Kier molecular flexibility index (Phi) is 2.63. The molecule has 0 bridgehead atoms. The number of benzene rings is 1. The predicted molar refractivity (Wildman–Crippen MR) is 70.0 cm³/mol. The molecular formula is C13H12FN5. The number of aromatic nitrogens is 4. The van der Waals surface area contributed by atoms with Crippen LogP contribution in [0.2, 0.25) is 0 Å². The fourth-order valence-corrected chi connectivity index (χ4v) is 1.95. The average Bonchev–Trinajstić information content (AvgIpc) is 2.68. The lowest BCUT2D eigenvalue weighted by atomic mass is 10.3. The lowest BCUT2D eigenvalue weighted by molar-refractivity contribution is 0.629. The van der Waals surface area contributed by atoms with Gasteiger partial charge in [0.2, 0.25) is 5.95 Å². The maximum atomic E-state index is 13.1. The minimum atomic E-state index is -0.327. The van der Waals surface area contributed by atoms with Gasteiger partial charge in [-0.1, -0.05) is 0 Å². The largest absolute Gasteiger partial charge is 0.369 e. The number of hydrogen-bond donors (Lipinski definition) is 1. The van der Waals surface area contributed by atoms with Gasteiger partial charge in [0.15, 0.2) is 0 Å². The van der Waals surface area contributed by atoms with Crippen LogP contribution in [-0.4, -0.2) is 19.5 Å². The van der Waals surface area contributed by atoms with Crippen molar-refractivity contribution in [3.63, 3.8) is 0 Å². The van der Waals surface area contributed by atoms with Crippen molar-refractivity contribution in [3.05, 3.63) is 47.8 Å². The maximum absolute atomic E-state index is 13.1. The van der Waals surface area contributed by atoms with Crippen molar-refractivity contribution in [1.82, 2.24) is 19.5 Å². The molecule has 3 rings (SSSR count). The van der Waals surface area contributed by atoms with Gasteiger partial charge in [0.05, 0.1) is 35.2 Å². The number of anilines is 1. The molecule has 0 radical (unpaired) electrons. The van der Waals surface area contributed by atoms with Crippen molar-refractivity contribution in [3.8, 4) is 0 Å². The molecular weight excluding hydrogens is 245 g/mol. The molecule has 0 aliphatic rings. The van der Waals surface area contributed by atoms with Crippen molar-refractivity contribution in [2.75, 3.05) is 5.73 Å². The van der Waals surface area contributed by atoms with Crippen molar-refractivity contribution in [2.24, 2.45) is 0 Å². The zero-order chi connectivity index (χ0) is 13.4. The molecule has 0 amide bonds. The van der Waals surface area contributed by atoms with Crippen LogP contribution in [0.1, 0.15) is 11.4 Å². The highest BCUT2D eigenvalue weighted by atomic mass is 19.1. The molecule has 2 heterocycles.